The van der Waals surface area contributed by atoms with Crippen LogP contribution in [0.15, 0.2) is 0 Å². The number of rotatable bonds is 20. The van der Waals surface area contributed by atoms with Crippen molar-refractivity contribution < 1.29 is 83.8 Å². The fourth-order valence-corrected chi connectivity index (χ4v) is 3.28. The van der Waals surface area contributed by atoms with Gasteiger partial charge in [0.2, 0.25) is 11.8 Å². The molecule has 0 aliphatic carbocycles. The number of aliphatic hydroxyl groups excluding tert-OH is 8. The molecule has 0 bridgehead atoms. The first-order chi connectivity index (χ1) is 19.2. The molecule has 10 N–H and O–H groups in total. The van der Waals surface area contributed by atoms with Gasteiger partial charge >= 0.3 is 11.9 Å². The maximum Gasteiger partial charge on any atom is 0.337 e. The summed E-state index contributed by atoms with van der Waals surface area (Å²) in [4.78, 5) is 71.6. The van der Waals surface area contributed by atoms with Crippen LogP contribution >= 0.6 is 0 Å². The van der Waals surface area contributed by atoms with Gasteiger partial charge in [-0.05, 0) is 0 Å². The number of ether oxygens (including phenoxy) is 3. The molecule has 41 heavy (non-hydrogen) atoms. The molecule has 19 nitrogen and oxygen atoms in total. The number of nitrogens with one attached hydrogen (secondary N) is 2. The smallest absolute Gasteiger partial charge is 0.337 e. The molecule has 0 aromatic rings. The van der Waals surface area contributed by atoms with Gasteiger partial charge in [0.05, 0.1) is 26.4 Å². The zero-order valence-electron chi connectivity index (χ0n) is 22.0. The molecule has 2 amide bonds. The molecule has 0 aromatic heterocycles. The number of hydrogen-bond donors (Lipinski definition) is 10. The summed E-state index contributed by atoms with van der Waals surface area (Å²) in [5.41, 5.74) is 0. The summed E-state index contributed by atoms with van der Waals surface area (Å²) in [5.74, 6) is -5.03. The molecule has 0 aromatic carbocycles. The molecular weight excluding hydrogens is 564 g/mol. The lowest BCUT2D eigenvalue weighted by molar-refractivity contribution is -0.219. The van der Waals surface area contributed by atoms with Crippen molar-refractivity contribution in [3.63, 3.8) is 0 Å². The second-order valence-electron chi connectivity index (χ2n) is 8.49. The van der Waals surface area contributed by atoms with E-state index < -0.39 is 111 Å². The van der Waals surface area contributed by atoms with Crippen LogP contribution in [0, 0.1) is 0 Å². The topological polar surface area (TPSA) is 316 Å². The minimum absolute atomic E-state index is 0.0107. The van der Waals surface area contributed by atoms with E-state index in [1.165, 1.54) is 0 Å². The molecule has 0 aliphatic heterocycles. The lowest BCUT2D eigenvalue weighted by Gasteiger charge is -2.40. The fourth-order valence-electron chi connectivity index (χ4n) is 3.28. The quantitative estimate of drug-likeness (QED) is 0.0458. The Morgan fingerprint density at radius 1 is 0.610 bits per heavy atom. The Labute approximate surface area is 232 Å². The predicted molar refractivity (Wildman–Crippen MR) is 128 cm³/mol. The first-order valence-corrected chi connectivity index (χ1v) is 11.9. The van der Waals surface area contributed by atoms with Crippen LogP contribution in [0.2, 0.25) is 0 Å². The third-order valence-corrected chi connectivity index (χ3v) is 5.23. The van der Waals surface area contributed by atoms with Gasteiger partial charge in [-0.25, -0.2) is 9.59 Å². The van der Waals surface area contributed by atoms with E-state index >= 15 is 0 Å². The van der Waals surface area contributed by atoms with Crippen LogP contribution in [0.1, 0.15) is 13.8 Å². The second kappa shape index (κ2) is 19.1. The van der Waals surface area contributed by atoms with E-state index in [1.807, 2.05) is 10.6 Å². The maximum atomic E-state index is 12.3. The first kappa shape index (κ1) is 37.9. The number of hydrogen-bond acceptors (Lipinski definition) is 17. The molecule has 0 radical (unpaired) electrons. The Morgan fingerprint density at radius 2 is 0.927 bits per heavy atom. The highest BCUT2D eigenvalue weighted by atomic mass is 16.6. The SMILES string of the molecule is CC(=O)N[C@@H](C=O)[C@@H](OC(=O)C(O)CO)[C@H](O[C@@H]([C@H](OC(=O)C(O)CO)[C@H](C=O)NC(C)=O)[C@H](O)CO)[C@H](O)CO. The summed E-state index contributed by atoms with van der Waals surface area (Å²) in [6, 6.07) is -3.82. The standard InChI is InChI=1S/C22H36N2O17/c1-9(31)23-11(3-25)17(40-21(37)15(35)7-29)19(13(33)5-27)39-20(14(34)6-28)18(12(4-26)24-10(2)32)41-22(38)16(36)8-30/h3-4,11-20,27-30,33-36H,5-8H2,1-2H3,(H,23,31)(H,24,32)/t11-,12-,13+,14+,15?,16?,17+,18+,19+,20+/m0/s1. The van der Waals surface area contributed by atoms with Gasteiger partial charge < -0.3 is 75.3 Å². The lowest BCUT2D eigenvalue weighted by atomic mass is 9.97. The molecule has 19 heteroatoms. The Hall–Kier alpha value is -3.14. The third-order valence-electron chi connectivity index (χ3n) is 5.23. The van der Waals surface area contributed by atoms with E-state index in [1.54, 1.807) is 0 Å². The van der Waals surface area contributed by atoms with E-state index in [9.17, 15) is 59.4 Å². The third kappa shape index (κ3) is 12.1. The molecule has 0 saturated carbocycles. The van der Waals surface area contributed by atoms with Crippen molar-refractivity contribution in [3.05, 3.63) is 0 Å². The summed E-state index contributed by atoms with van der Waals surface area (Å²) >= 11 is 0. The highest BCUT2D eigenvalue weighted by Gasteiger charge is 2.46. The zero-order chi connectivity index (χ0) is 31.9. The average Bonchev–Trinajstić information content (AvgIpc) is 2.95. The van der Waals surface area contributed by atoms with E-state index in [0.717, 1.165) is 13.8 Å². The van der Waals surface area contributed by atoms with Crippen LogP contribution in [0.5, 0.6) is 0 Å². The van der Waals surface area contributed by atoms with Crippen LogP contribution in [0.25, 0.3) is 0 Å². The van der Waals surface area contributed by atoms with Gasteiger partial charge in [0.25, 0.3) is 0 Å². The van der Waals surface area contributed by atoms with Gasteiger partial charge in [-0.3, -0.25) is 9.59 Å². The normalized spacial score (nSPS) is 18.6. The molecule has 10 atom stereocenters. The second-order valence-corrected chi connectivity index (χ2v) is 8.49. The largest absolute Gasteiger partial charge is 0.455 e. The summed E-state index contributed by atoms with van der Waals surface area (Å²) in [6.07, 6.45) is -17.6. The number of aliphatic hydroxyl groups is 8. The lowest BCUT2D eigenvalue weighted by Crippen LogP contribution is -2.62. The summed E-state index contributed by atoms with van der Waals surface area (Å²) in [7, 11) is 0. The maximum absolute atomic E-state index is 12.3. The number of carbonyl (C=O) groups excluding carboxylic acids is 6. The molecule has 0 saturated heterocycles. The minimum Gasteiger partial charge on any atom is -0.455 e. The fraction of sp³-hybridized carbons (Fsp3) is 0.727. The summed E-state index contributed by atoms with van der Waals surface area (Å²) < 4.78 is 15.5. The van der Waals surface area contributed by atoms with Gasteiger partial charge in [-0.1, -0.05) is 0 Å². The molecule has 0 spiro atoms. The minimum atomic E-state index is -2.23. The van der Waals surface area contributed by atoms with E-state index in [4.69, 9.17) is 24.4 Å². The molecule has 2 unspecified atom stereocenters. The van der Waals surface area contributed by atoms with Crippen molar-refractivity contribution in [2.45, 2.75) is 74.8 Å². The predicted octanol–water partition coefficient (Wildman–Crippen LogP) is -7.62. The number of carbonyl (C=O) groups is 6. The van der Waals surface area contributed by atoms with Crippen molar-refractivity contribution in [1.29, 1.82) is 0 Å². The monoisotopic (exact) mass is 600 g/mol. The Balaban J connectivity index is 7.03. The number of amides is 2. The van der Waals surface area contributed by atoms with Crippen LogP contribution in [0.3, 0.4) is 0 Å². The first-order valence-electron chi connectivity index (χ1n) is 11.9. The van der Waals surface area contributed by atoms with Crippen LogP contribution in [0.4, 0.5) is 0 Å². The summed E-state index contributed by atoms with van der Waals surface area (Å²) in [5, 5.41) is 81.8. The molecule has 236 valence electrons. The molecule has 0 fully saturated rings. The zero-order valence-corrected chi connectivity index (χ0v) is 22.0. The van der Waals surface area contributed by atoms with Gasteiger partial charge in [0.1, 0.15) is 49.1 Å². The van der Waals surface area contributed by atoms with Gasteiger partial charge in [-0.15, -0.1) is 0 Å². The van der Waals surface area contributed by atoms with E-state index in [-0.39, 0.29) is 12.6 Å². The van der Waals surface area contributed by atoms with Crippen LogP contribution in [-0.4, -0.2) is 165 Å². The van der Waals surface area contributed by atoms with Crippen LogP contribution in [-0.2, 0) is 43.0 Å². The van der Waals surface area contributed by atoms with Crippen molar-refractivity contribution in [1.82, 2.24) is 10.6 Å². The van der Waals surface area contributed by atoms with Gasteiger partial charge in [0.15, 0.2) is 24.4 Å². The summed E-state index contributed by atoms with van der Waals surface area (Å²) in [6.45, 7) is -2.96. The van der Waals surface area contributed by atoms with Crippen molar-refractivity contribution in [2.24, 2.45) is 0 Å². The van der Waals surface area contributed by atoms with E-state index in [2.05, 4.69) is 0 Å². The van der Waals surface area contributed by atoms with E-state index in [0.29, 0.717) is 0 Å². The average molecular weight is 601 g/mol. The Morgan fingerprint density at radius 3 is 1.15 bits per heavy atom. The molecule has 0 aliphatic rings. The molecule has 0 heterocycles. The highest BCUT2D eigenvalue weighted by molar-refractivity contribution is 5.80. The Kier molecular flexibility index (Phi) is 17.6. The van der Waals surface area contributed by atoms with Gasteiger partial charge in [-0.2, -0.15) is 0 Å². The number of aldehydes is 2. The highest BCUT2D eigenvalue weighted by Crippen LogP contribution is 2.22. The van der Waals surface area contributed by atoms with Crippen LogP contribution < -0.4 is 10.6 Å². The van der Waals surface area contributed by atoms with Crippen molar-refractivity contribution >= 4 is 36.3 Å². The van der Waals surface area contributed by atoms with Crippen molar-refractivity contribution in [3.8, 4) is 0 Å². The van der Waals surface area contributed by atoms with Gasteiger partial charge in [0, 0.05) is 13.8 Å². The molecular formula is C22H36N2O17. The molecule has 0 rings (SSSR count). The van der Waals surface area contributed by atoms with Crippen molar-refractivity contribution in [2.75, 3.05) is 26.4 Å². The number of esters is 2. The Bertz CT molecular complexity index is 805.